The molecular weight excluding hydrogens is 527 g/mol. The van der Waals surface area contributed by atoms with Gasteiger partial charge in [0, 0.05) is 51.8 Å². The van der Waals surface area contributed by atoms with Crippen LogP contribution in [0.15, 0.2) is 51.9 Å². The molecule has 0 saturated carbocycles. The number of hydrogen-bond acceptors (Lipinski definition) is 7. The van der Waals surface area contributed by atoms with Crippen molar-refractivity contribution in [1.29, 1.82) is 0 Å². The van der Waals surface area contributed by atoms with Crippen molar-refractivity contribution in [3.8, 4) is 17.2 Å². The van der Waals surface area contributed by atoms with E-state index in [1.807, 2.05) is 56.6 Å². The molecule has 1 fully saturated rings. The zero-order chi connectivity index (χ0) is 26.9. The van der Waals surface area contributed by atoms with Crippen molar-refractivity contribution in [1.82, 2.24) is 25.3 Å². The van der Waals surface area contributed by atoms with E-state index in [1.165, 1.54) is 0 Å². The number of carbonyl (C=O) groups excluding carboxylic acids is 1. The lowest BCUT2D eigenvalue weighted by Crippen LogP contribution is -2.44. The second-order valence-electron chi connectivity index (χ2n) is 9.44. The van der Waals surface area contributed by atoms with Gasteiger partial charge in [0.05, 0.1) is 23.0 Å². The Bertz CT molecular complexity index is 1220. The Kier molecular flexibility index (Phi) is 9.98. The molecule has 1 aliphatic heterocycles. The van der Waals surface area contributed by atoms with Crippen LogP contribution >= 0.6 is 23.2 Å². The topological polar surface area (TPSA) is 96.1 Å². The molecule has 0 atom stereocenters. The van der Waals surface area contributed by atoms with Crippen LogP contribution in [0.3, 0.4) is 0 Å². The van der Waals surface area contributed by atoms with E-state index in [0.29, 0.717) is 41.1 Å². The van der Waals surface area contributed by atoms with Crippen molar-refractivity contribution < 1.29 is 13.9 Å². The molecule has 2 heterocycles. The maximum absolute atomic E-state index is 12.4. The van der Waals surface area contributed by atoms with Gasteiger partial charge < -0.3 is 19.4 Å². The van der Waals surface area contributed by atoms with Crippen molar-refractivity contribution in [3.05, 3.63) is 58.1 Å². The lowest BCUT2D eigenvalue weighted by atomic mass is 10.0. The summed E-state index contributed by atoms with van der Waals surface area (Å²) < 4.78 is 11.3. The Hall–Kier alpha value is -3.14. The molecule has 0 aliphatic carbocycles. The lowest BCUT2D eigenvalue weighted by molar-refractivity contribution is -0.122. The van der Waals surface area contributed by atoms with Crippen LogP contribution in [0.2, 0.25) is 10.0 Å². The SMILES string of the molecule is CN(C)/C=N/c1nnc(-c2ccc(OCCCC(=O)NC3CCN(Cc4ccc(Cl)c(Cl)c4)CC3)cc2)o1. The number of ether oxygens (including phenoxy) is 1. The number of rotatable bonds is 11. The van der Waals surface area contributed by atoms with Gasteiger partial charge in [-0.2, -0.15) is 4.99 Å². The van der Waals surface area contributed by atoms with Gasteiger partial charge in [-0.25, -0.2) is 0 Å². The molecule has 11 heteroatoms. The number of halogens is 2. The number of amides is 1. The molecule has 4 rings (SSSR count). The Morgan fingerprint density at radius 1 is 1.16 bits per heavy atom. The first-order valence-electron chi connectivity index (χ1n) is 12.6. The molecule has 1 aliphatic rings. The number of carbonyl (C=O) groups is 1. The third-order valence-corrected chi connectivity index (χ3v) is 6.81. The lowest BCUT2D eigenvalue weighted by Gasteiger charge is -2.32. The molecule has 1 amide bonds. The first-order chi connectivity index (χ1) is 18.4. The Morgan fingerprint density at radius 2 is 1.92 bits per heavy atom. The van der Waals surface area contributed by atoms with Crippen LogP contribution in [0.1, 0.15) is 31.2 Å². The van der Waals surface area contributed by atoms with E-state index in [4.69, 9.17) is 32.4 Å². The van der Waals surface area contributed by atoms with Crippen LogP contribution in [0, 0.1) is 0 Å². The minimum Gasteiger partial charge on any atom is -0.494 e. The van der Waals surface area contributed by atoms with Crippen LogP contribution < -0.4 is 10.1 Å². The molecule has 1 N–H and O–H groups in total. The molecule has 0 bridgehead atoms. The monoisotopic (exact) mass is 558 g/mol. The quantitative estimate of drug-likeness (QED) is 0.196. The fourth-order valence-electron chi connectivity index (χ4n) is 4.10. The summed E-state index contributed by atoms with van der Waals surface area (Å²) in [5, 5.41) is 12.2. The van der Waals surface area contributed by atoms with Crippen LogP contribution in [-0.2, 0) is 11.3 Å². The van der Waals surface area contributed by atoms with Crippen molar-refractivity contribution >= 4 is 41.5 Å². The third kappa shape index (κ3) is 8.44. The minimum atomic E-state index is 0.0657. The second kappa shape index (κ2) is 13.6. The third-order valence-electron chi connectivity index (χ3n) is 6.07. The van der Waals surface area contributed by atoms with Gasteiger partial charge in [0.1, 0.15) is 5.75 Å². The van der Waals surface area contributed by atoms with Crippen molar-refractivity contribution in [2.24, 2.45) is 4.99 Å². The van der Waals surface area contributed by atoms with Gasteiger partial charge in [-0.1, -0.05) is 34.4 Å². The predicted octanol–water partition coefficient (Wildman–Crippen LogP) is 5.20. The Balaban J connectivity index is 1.12. The summed E-state index contributed by atoms with van der Waals surface area (Å²) in [7, 11) is 3.72. The molecule has 3 aromatic rings. The van der Waals surface area contributed by atoms with E-state index < -0.39 is 0 Å². The highest BCUT2D eigenvalue weighted by Crippen LogP contribution is 2.25. The van der Waals surface area contributed by atoms with E-state index in [2.05, 4.69) is 25.4 Å². The number of likely N-dealkylation sites (tertiary alicyclic amines) is 1. The molecule has 0 radical (unpaired) electrons. The number of piperidine rings is 1. The smallest absolute Gasteiger partial charge is 0.344 e. The van der Waals surface area contributed by atoms with Crippen LogP contribution in [0.4, 0.5) is 6.01 Å². The van der Waals surface area contributed by atoms with Gasteiger partial charge in [0.25, 0.3) is 0 Å². The maximum atomic E-state index is 12.4. The Labute approximate surface area is 232 Å². The zero-order valence-electron chi connectivity index (χ0n) is 21.6. The van der Waals surface area contributed by atoms with Crippen molar-refractivity contribution in [2.45, 2.75) is 38.3 Å². The standard InChI is InChI=1S/C27H32Cl2N6O3/c1-34(2)18-30-27-33-32-26(38-27)20-6-8-22(9-7-20)37-15-3-4-25(36)31-21-11-13-35(14-12-21)17-19-5-10-23(28)24(29)16-19/h5-10,16,18,21H,3-4,11-15,17H2,1-2H3,(H,31,36)/b30-18+. The molecule has 2 aromatic carbocycles. The Morgan fingerprint density at radius 3 is 2.63 bits per heavy atom. The fourth-order valence-corrected chi connectivity index (χ4v) is 4.42. The predicted molar refractivity (Wildman–Crippen MR) is 149 cm³/mol. The highest BCUT2D eigenvalue weighted by molar-refractivity contribution is 6.42. The molecular formula is C27H32Cl2N6O3. The number of nitrogens with zero attached hydrogens (tertiary/aromatic N) is 5. The zero-order valence-corrected chi connectivity index (χ0v) is 23.1. The summed E-state index contributed by atoms with van der Waals surface area (Å²) in [6, 6.07) is 13.5. The molecule has 202 valence electrons. The maximum Gasteiger partial charge on any atom is 0.344 e. The van der Waals surface area contributed by atoms with E-state index in [9.17, 15) is 4.79 Å². The largest absolute Gasteiger partial charge is 0.494 e. The van der Waals surface area contributed by atoms with E-state index >= 15 is 0 Å². The minimum absolute atomic E-state index is 0.0657. The molecule has 1 aromatic heterocycles. The van der Waals surface area contributed by atoms with Gasteiger partial charge >= 0.3 is 6.01 Å². The number of nitrogens with one attached hydrogen (secondary N) is 1. The average Bonchev–Trinajstić information content (AvgIpc) is 3.38. The van der Waals surface area contributed by atoms with Crippen LogP contribution in [0.25, 0.3) is 11.5 Å². The highest BCUT2D eigenvalue weighted by Gasteiger charge is 2.21. The number of hydrogen-bond donors (Lipinski definition) is 1. The van der Waals surface area contributed by atoms with Crippen molar-refractivity contribution in [3.63, 3.8) is 0 Å². The number of aliphatic imine (C=N–C) groups is 1. The second-order valence-corrected chi connectivity index (χ2v) is 10.3. The van der Waals surface area contributed by atoms with Gasteiger partial charge in [-0.3, -0.25) is 9.69 Å². The average molecular weight is 559 g/mol. The first kappa shape index (κ1) is 27.9. The summed E-state index contributed by atoms with van der Waals surface area (Å²) in [6.07, 6.45) is 4.53. The van der Waals surface area contributed by atoms with Crippen LogP contribution in [0.5, 0.6) is 5.75 Å². The highest BCUT2D eigenvalue weighted by atomic mass is 35.5. The summed E-state index contributed by atoms with van der Waals surface area (Å²) >= 11 is 12.1. The van der Waals surface area contributed by atoms with Crippen LogP contribution in [-0.4, -0.2) is 72.1 Å². The van der Waals surface area contributed by atoms with Crippen molar-refractivity contribution in [2.75, 3.05) is 33.8 Å². The summed E-state index contributed by atoms with van der Waals surface area (Å²) in [6.45, 7) is 3.15. The van der Waals surface area contributed by atoms with Gasteiger partial charge in [0.15, 0.2) is 0 Å². The van der Waals surface area contributed by atoms with E-state index in [0.717, 1.165) is 43.6 Å². The van der Waals surface area contributed by atoms with E-state index in [-0.39, 0.29) is 18.0 Å². The van der Waals surface area contributed by atoms with E-state index in [1.54, 1.807) is 11.2 Å². The summed E-state index contributed by atoms with van der Waals surface area (Å²) in [5.74, 6) is 1.17. The summed E-state index contributed by atoms with van der Waals surface area (Å²) in [4.78, 5) is 20.7. The molecule has 9 nitrogen and oxygen atoms in total. The summed E-state index contributed by atoms with van der Waals surface area (Å²) in [5.41, 5.74) is 1.92. The number of aromatic nitrogens is 2. The molecule has 1 saturated heterocycles. The first-order valence-corrected chi connectivity index (χ1v) is 13.3. The normalized spacial score (nSPS) is 14.6. The van der Waals surface area contributed by atoms with Gasteiger partial charge in [0.2, 0.25) is 11.8 Å². The number of benzene rings is 2. The van der Waals surface area contributed by atoms with Gasteiger partial charge in [-0.05, 0) is 61.2 Å². The molecule has 0 spiro atoms. The van der Waals surface area contributed by atoms with Gasteiger partial charge in [-0.15, -0.1) is 5.10 Å². The fraction of sp³-hybridized carbons (Fsp3) is 0.407. The molecule has 38 heavy (non-hydrogen) atoms. The molecule has 0 unspecified atom stereocenters.